The van der Waals surface area contributed by atoms with E-state index in [2.05, 4.69) is 13.8 Å². The molecule has 1 aromatic carbocycles. The zero-order valence-electron chi connectivity index (χ0n) is 16.2. The number of rotatable bonds is 14. The lowest BCUT2D eigenvalue weighted by atomic mass is 10.0. The molecule has 1 rings (SSSR count). The first-order valence-electron chi connectivity index (χ1n) is 10.2. The van der Waals surface area contributed by atoms with E-state index in [4.69, 9.17) is 9.47 Å². The van der Waals surface area contributed by atoms with Crippen molar-refractivity contribution in [3.63, 3.8) is 0 Å². The molecule has 0 saturated carbocycles. The minimum atomic E-state index is -0.578. The van der Waals surface area contributed by atoms with Crippen LogP contribution >= 0.6 is 0 Å². The Kier molecular flexibility index (Phi) is 12.7. The Morgan fingerprint density at radius 3 is 2.12 bits per heavy atom. The Morgan fingerprint density at radius 1 is 0.800 bits per heavy atom. The molecule has 3 heteroatoms. The van der Waals surface area contributed by atoms with Crippen molar-refractivity contribution in [1.29, 1.82) is 0 Å². The molecule has 1 aromatic rings. The van der Waals surface area contributed by atoms with Crippen LogP contribution in [0.15, 0.2) is 24.3 Å². The average Bonchev–Trinajstić information content (AvgIpc) is 2.62. The third kappa shape index (κ3) is 10.9. The lowest BCUT2D eigenvalue weighted by Gasteiger charge is -2.10. The zero-order chi connectivity index (χ0) is 18.2. The van der Waals surface area contributed by atoms with Crippen LogP contribution in [0.1, 0.15) is 90.0 Å². The van der Waals surface area contributed by atoms with Crippen molar-refractivity contribution in [2.24, 2.45) is 0 Å². The highest BCUT2D eigenvalue weighted by Gasteiger charge is 2.09. The molecule has 0 heterocycles. The first kappa shape index (κ1) is 21.5. The lowest BCUT2D eigenvalue weighted by molar-refractivity contribution is 0.0969. The second-order valence-electron chi connectivity index (χ2n) is 6.74. The fraction of sp³-hybridized carbons (Fsp3) is 0.682. The van der Waals surface area contributed by atoms with Gasteiger partial charge in [-0.1, -0.05) is 89.8 Å². The molecule has 0 spiro atoms. The molecule has 3 nitrogen and oxygen atoms in total. The van der Waals surface area contributed by atoms with Gasteiger partial charge >= 0.3 is 6.16 Å². The number of carbonyl (C=O) groups is 1. The molecule has 0 aromatic heterocycles. The minimum absolute atomic E-state index is 0.447. The zero-order valence-corrected chi connectivity index (χ0v) is 16.2. The number of ether oxygens (including phenoxy) is 2. The van der Waals surface area contributed by atoms with Crippen LogP contribution in [0.25, 0.3) is 0 Å². The maximum absolute atomic E-state index is 11.9. The van der Waals surface area contributed by atoms with Gasteiger partial charge < -0.3 is 9.47 Å². The summed E-state index contributed by atoms with van der Waals surface area (Å²) in [6.45, 7) is 4.87. The average molecular weight is 349 g/mol. The molecule has 0 unspecified atom stereocenters. The molecule has 0 aliphatic carbocycles. The molecule has 0 amide bonds. The van der Waals surface area contributed by atoms with E-state index in [9.17, 15) is 4.79 Å². The number of benzene rings is 1. The van der Waals surface area contributed by atoms with Gasteiger partial charge in [0.1, 0.15) is 5.75 Å². The van der Waals surface area contributed by atoms with Gasteiger partial charge in [-0.05, 0) is 30.9 Å². The molecular formula is C22H36O3. The molecule has 0 atom stereocenters. The third-order valence-electron chi connectivity index (χ3n) is 4.43. The van der Waals surface area contributed by atoms with Gasteiger partial charge in [-0.2, -0.15) is 0 Å². The summed E-state index contributed by atoms with van der Waals surface area (Å²) < 4.78 is 10.6. The molecule has 0 N–H and O–H groups in total. The molecule has 0 fully saturated rings. The summed E-state index contributed by atoms with van der Waals surface area (Å²) in [6.07, 6.45) is 13.6. The van der Waals surface area contributed by atoms with Crippen LogP contribution in [0.2, 0.25) is 0 Å². The second-order valence-corrected chi connectivity index (χ2v) is 6.74. The Hall–Kier alpha value is -1.51. The third-order valence-corrected chi connectivity index (χ3v) is 4.43. The van der Waals surface area contributed by atoms with Crippen LogP contribution in [0.5, 0.6) is 5.75 Å². The summed E-state index contributed by atoms with van der Waals surface area (Å²) in [5.74, 6) is 0.645. The van der Waals surface area contributed by atoms with Gasteiger partial charge in [-0.3, -0.25) is 0 Å². The molecule has 0 aliphatic rings. The van der Waals surface area contributed by atoms with Crippen LogP contribution in [0.4, 0.5) is 4.79 Å². The number of carbonyl (C=O) groups excluding carboxylic acids is 1. The van der Waals surface area contributed by atoms with Crippen molar-refractivity contribution in [1.82, 2.24) is 0 Å². The first-order valence-corrected chi connectivity index (χ1v) is 10.2. The summed E-state index contributed by atoms with van der Waals surface area (Å²) >= 11 is 0. The van der Waals surface area contributed by atoms with E-state index >= 15 is 0 Å². The van der Waals surface area contributed by atoms with Crippen LogP contribution in [0.3, 0.4) is 0 Å². The predicted octanol–water partition coefficient (Wildman–Crippen LogP) is 7.08. The second kappa shape index (κ2) is 14.8. The smallest absolute Gasteiger partial charge is 0.434 e. The molecule has 0 aliphatic heterocycles. The van der Waals surface area contributed by atoms with Crippen LogP contribution in [0, 0.1) is 0 Å². The standard InChI is InChI=1S/C22H36O3/c1-3-5-7-9-10-12-16-20-17-13-14-18-21(20)25-22(23)24-19-15-11-8-6-4-2/h13-14,17-18H,3-12,15-16,19H2,1-2H3. The van der Waals surface area contributed by atoms with Crippen LogP contribution in [-0.2, 0) is 11.2 Å². The number of unbranched alkanes of at least 4 members (excludes halogenated alkanes) is 9. The minimum Gasteiger partial charge on any atom is -0.434 e. The fourth-order valence-electron chi connectivity index (χ4n) is 2.89. The highest BCUT2D eigenvalue weighted by molar-refractivity contribution is 5.64. The summed E-state index contributed by atoms with van der Waals surface area (Å²) in [5, 5.41) is 0. The first-order chi connectivity index (χ1) is 12.3. The number of hydrogen-bond acceptors (Lipinski definition) is 3. The molecule has 142 valence electrons. The van der Waals surface area contributed by atoms with E-state index in [0.29, 0.717) is 12.4 Å². The summed E-state index contributed by atoms with van der Waals surface area (Å²) in [6, 6.07) is 7.80. The Balaban J connectivity index is 2.26. The fourth-order valence-corrected chi connectivity index (χ4v) is 2.89. The van der Waals surface area contributed by atoms with Gasteiger partial charge in [0.2, 0.25) is 0 Å². The van der Waals surface area contributed by atoms with Gasteiger partial charge in [0, 0.05) is 0 Å². The predicted molar refractivity (Wildman–Crippen MR) is 104 cm³/mol. The van der Waals surface area contributed by atoms with Crippen molar-refractivity contribution in [2.45, 2.75) is 90.9 Å². The van der Waals surface area contributed by atoms with Gasteiger partial charge in [0.05, 0.1) is 6.61 Å². The Bertz CT molecular complexity index is 456. The normalized spacial score (nSPS) is 10.6. The Morgan fingerprint density at radius 2 is 1.40 bits per heavy atom. The molecule has 0 saturated heterocycles. The summed E-state index contributed by atoms with van der Waals surface area (Å²) in [5.41, 5.74) is 1.10. The number of hydrogen-bond donors (Lipinski definition) is 0. The van der Waals surface area contributed by atoms with Crippen LogP contribution < -0.4 is 4.74 Å². The molecule has 0 bridgehead atoms. The van der Waals surface area contributed by atoms with E-state index in [1.54, 1.807) is 0 Å². The molecule has 0 radical (unpaired) electrons. The molecule has 25 heavy (non-hydrogen) atoms. The Labute approximate surface area is 154 Å². The van der Waals surface area contributed by atoms with Crippen molar-refractivity contribution < 1.29 is 14.3 Å². The highest BCUT2D eigenvalue weighted by atomic mass is 16.7. The van der Waals surface area contributed by atoms with E-state index in [1.165, 1.54) is 51.4 Å². The van der Waals surface area contributed by atoms with Gasteiger partial charge in [-0.25, -0.2) is 4.79 Å². The largest absolute Gasteiger partial charge is 0.513 e. The summed E-state index contributed by atoms with van der Waals surface area (Å²) in [7, 11) is 0. The topological polar surface area (TPSA) is 35.5 Å². The van der Waals surface area contributed by atoms with E-state index in [1.807, 2.05) is 24.3 Å². The molecular weight excluding hydrogens is 312 g/mol. The van der Waals surface area contributed by atoms with Crippen LogP contribution in [-0.4, -0.2) is 12.8 Å². The van der Waals surface area contributed by atoms with E-state index < -0.39 is 6.16 Å². The maximum Gasteiger partial charge on any atom is 0.513 e. The van der Waals surface area contributed by atoms with Crippen molar-refractivity contribution >= 4 is 6.16 Å². The van der Waals surface area contributed by atoms with Gasteiger partial charge in [0.15, 0.2) is 0 Å². The number of para-hydroxylation sites is 1. The van der Waals surface area contributed by atoms with Gasteiger partial charge in [-0.15, -0.1) is 0 Å². The van der Waals surface area contributed by atoms with Crippen molar-refractivity contribution in [2.75, 3.05) is 6.61 Å². The van der Waals surface area contributed by atoms with Crippen molar-refractivity contribution in [3.8, 4) is 5.75 Å². The summed E-state index contributed by atoms with van der Waals surface area (Å²) in [4.78, 5) is 11.9. The van der Waals surface area contributed by atoms with E-state index in [0.717, 1.165) is 31.2 Å². The van der Waals surface area contributed by atoms with E-state index in [-0.39, 0.29) is 0 Å². The van der Waals surface area contributed by atoms with Crippen molar-refractivity contribution in [3.05, 3.63) is 29.8 Å². The lowest BCUT2D eigenvalue weighted by Crippen LogP contribution is -2.12. The highest BCUT2D eigenvalue weighted by Crippen LogP contribution is 2.21. The number of aryl methyl sites for hydroxylation is 1. The SMILES string of the molecule is CCCCCCCCc1ccccc1OC(=O)OCCCCCCC. The maximum atomic E-state index is 11.9. The monoisotopic (exact) mass is 348 g/mol. The van der Waals surface area contributed by atoms with Gasteiger partial charge in [0.25, 0.3) is 0 Å². The quantitative estimate of drug-likeness (QED) is 0.205.